The highest BCUT2D eigenvalue weighted by Gasteiger charge is 2.17. The number of hydrogen-bond donors (Lipinski definition) is 2. The van der Waals surface area contributed by atoms with Crippen molar-refractivity contribution in [2.45, 2.75) is 18.6 Å². The summed E-state index contributed by atoms with van der Waals surface area (Å²) in [5, 5.41) is 2.90. The zero-order valence-corrected chi connectivity index (χ0v) is 10.7. The Kier molecular flexibility index (Phi) is 4.24. The molecule has 1 aromatic rings. The largest absolute Gasteiger partial charge is 0.399 e. The molecule has 0 heterocycles. The van der Waals surface area contributed by atoms with E-state index in [0.717, 1.165) is 0 Å². The minimum Gasteiger partial charge on any atom is -0.399 e. The number of nitrogens with one attached hydrogen (secondary N) is 1. The van der Waals surface area contributed by atoms with Gasteiger partial charge in [0, 0.05) is 22.5 Å². The van der Waals surface area contributed by atoms with Crippen LogP contribution in [-0.4, -0.2) is 23.5 Å². The first-order valence-electron chi connectivity index (χ1n) is 5.13. The van der Waals surface area contributed by atoms with Crippen molar-refractivity contribution in [2.75, 3.05) is 18.5 Å². The minimum absolute atomic E-state index is 0.0516. The van der Waals surface area contributed by atoms with Crippen molar-refractivity contribution in [1.82, 2.24) is 5.32 Å². The summed E-state index contributed by atoms with van der Waals surface area (Å²) in [6.45, 7) is 4.83. The highest BCUT2D eigenvalue weighted by Crippen LogP contribution is 2.19. The maximum Gasteiger partial charge on any atom is 0.251 e. The molecule has 3 nitrogen and oxygen atoms in total. The van der Waals surface area contributed by atoms with Crippen molar-refractivity contribution < 1.29 is 4.79 Å². The number of nitrogen functional groups attached to an aromatic ring is 1. The van der Waals surface area contributed by atoms with Crippen molar-refractivity contribution in [1.29, 1.82) is 0 Å². The summed E-state index contributed by atoms with van der Waals surface area (Å²) in [6.07, 6.45) is 2.03. The van der Waals surface area contributed by atoms with Crippen molar-refractivity contribution in [3.05, 3.63) is 29.8 Å². The van der Waals surface area contributed by atoms with Crippen LogP contribution in [0.5, 0.6) is 0 Å². The van der Waals surface area contributed by atoms with Gasteiger partial charge in [-0.1, -0.05) is 6.07 Å². The van der Waals surface area contributed by atoms with E-state index in [2.05, 4.69) is 19.2 Å². The molecule has 3 N–H and O–H groups in total. The molecule has 0 unspecified atom stereocenters. The molecule has 0 aromatic heterocycles. The van der Waals surface area contributed by atoms with E-state index in [9.17, 15) is 4.79 Å². The van der Waals surface area contributed by atoms with Crippen molar-refractivity contribution in [3.63, 3.8) is 0 Å². The lowest BCUT2D eigenvalue weighted by Gasteiger charge is -2.22. The average Bonchev–Trinajstić information content (AvgIpc) is 2.26. The molecule has 0 radical (unpaired) electrons. The Morgan fingerprint density at radius 3 is 2.75 bits per heavy atom. The molecular weight excluding hydrogens is 220 g/mol. The Labute approximate surface area is 101 Å². The number of carbonyl (C=O) groups excluding carboxylic acids is 1. The smallest absolute Gasteiger partial charge is 0.251 e. The van der Waals surface area contributed by atoms with Crippen LogP contribution < -0.4 is 11.1 Å². The molecule has 0 saturated heterocycles. The van der Waals surface area contributed by atoms with Gasteiger partial charge in [-0.2, -0.15) is 11.8 Å². The fraction of sp³-hybridized carbons (Fsp3) is 0.417. The van der Waals surface area contributed by atoms with Crippen LogP contribution in [0.15, 0.2) is 24.3 Å². The van der Waals surface area contributed by atoms with Crippen LogP contribution in [0.1, 0.15) is 24.2 Å². The average molecular weight is 238 g/mol. The lowest BCUT2D eigenvalue weighted by Crippen LogP contribution is -2.36. The van der Waals surface area contributed by atoms with Gasteiger partial charge < -0.3 is 11.1 Å². The second-order valence-corrected chi connectivity index (χ2v) is 5.79. The number of carbonyl (C=O) groups is 1. The Bertz CT molecular complexity index is 377. The normalized spacial score (nSPS) is 11.2. The Balaban J connectivity index is 2.60. The molecule has 0 bridgehead atoms. The van der Waals surface area contributed by atoms with Crippen LogP contribution in [0.2, 0.25) is 0 Å². The Morgan fingerprint density at radius 2 is 2.19 bits per heavy atom. The van der Waals surface area contributed by atoms with Gasteiger partial charge in [-0.3, -0.25) is 4.79 Å². The van der Waals surface area contributed by atoms with Crippen LogP contribution >= 0.6 is 11.8 Å². The summed E-state index contributed by atoms with van der Waals surface area (Å²) in [6, 6.07) is 6.99. The molecule has 1 aromatic carbocycles. The molecule has 16 heavy (non-hydrogen) atoms. The molecule has 1 rings (SSSR count). The molecule has 1 amide bonds. The number of rotatable bonds is 4. The van der Waals surface area contributed by atoms with E-state index in [1.165, 1.54) is 0 Å². The topological polar surface area (TPSA) is 55.1 Å². The lowest BCUT2D eigenvalue weighted by atomic mass is 10.1. The van der Waals surface area contributed by atoms with E-state index in [1.807, 2.05) is 6.26 Å². The second-order valence-electron chi connectivity index (χ2n) is 4.27. The molecule has 0 aliphatic carbocycles. The number of anilines is 1. The molecular formula is C12H18N2OS. The third-order valence-electron chi connectivity index (χ3n) is 2.38. The van der Waals surface area contributed by atoms with E-state index in [-0.39, 0.29) is 10.7 Å². The first kappa shape index (κ1) is 12.9. The van der Waals surface area contributed by atoms with Crippen molar-refractivity contribution >= 4 is 23.4 Å². The fourth-order valence-corrected chi connectivity index (χ4v) is 1.36. The maximum atomic E-state index is 11.8. The molecule has 4 heteroatoms. The van der Waals surface area contributed by atoms with Crippen LogP contribution in [0.4, 0.5) is 5.69 Å². The third kappa shape index (κ3) is 3.77. The molecule has 0 spiro atoms. The zero-order valence-electron chi connectivity index (χ0n) is 9.91. The first-order chi connectivity index (χ1) is 7.44. The van der Waals surface area contributed by atoms with Gasteiger partial charge in [0.15, 0.2) is 0 Å². The quantitative estimate of drug-likeness (QED) is 0.790. The van der Waals surface area contributed by atoms with E-state index in [0.29, 0.717) is 17.8 Å². The van der Waals surface area contributed by atoms with Crippen molar-refractivity contribution in [3.8, 4) is 0 Å². The van der Waals surface area contributed by atoms with Gasteiger partial charge in [0.2, 0.25) is 0 Å². The lowest BCUT2D eigenvalue weighted by molar-refractivity contribution is 0.0951. The van der Waals surface area contributed by atoms with Gasteiger partial charge in [-0.05, 0) is 38.3 Å². The standard InChI is InChI=1S/C12H18N2OS/c1-12(2,16-3)8-14-11(15)9-5-4-6-10(13)7-9/h4-7H,8,13H2,1-3H3,(H,14,15). The highest BCUT2D eigenvalue weighted by atomic mass is 32.2. The summed E-state index contributed by atoms with van der Waals surface area (Å²) < 4.78 is 0.0516. The maximum absolute atomic E-state index is 11.8. The number of nitrogens with two attached hydrogens (primary N) is 1. The molecule has 0 aliphatic rings. The molecule has 0 atom stereocenters. The fourth-order valence-electron chi connectivity index (χ4n) is 1.15. The summed E-state index contributed by atoms with van der Waals surface area (Å²) >= 11 is 1.73. The van der Waals surface area contributed by atoms with Crippen LogP contribution in [0, 0.1) is 0 Å². The minimum atomic E-state index is -0.0746. The summed E-state index contributed by atoms with van der Waals surface area (Å²) in [7, 11) is 0. The second kappa shape index (κ2) is 5.25. The predicted octanol–water partition coefficient (Wildman–Crippen LogP) is 2.14. The summed E-state index contributed by atoms with van der Waals surface area (Å²) in [5.41, 5.74) is 6.84. The van der Waals surface area contributed by atoms with Gasteiger partial charge in [0.25, 0.3) is 5.91 Å². The molecule has 0 fully saturated rings. The predicted molar refractivity (Wildman–Crippen MR) is 70.8 cm³/mol. The first-order valence-corrected chi connectivity index (χ1v) is 6.36. The van der Waals surface area contributed by atoms with Crippen LogP contribution in [-0.2, 0) is 0 Å². The van der Waals surface area contributed by atoms with E-state index >= 15 is 0 Å². The van der Waals surface area contributed by atoms with Gasteiger partial charge in [-0.25, -0.2) is 0 Å². The van der Waals surface area contributed by atoms with E-state index < -0.39 is 0 Å². The number of benzene rings is 1. The van der Waals surface area contributed by atoms with Crippen molar-refractivity contribution in [2.24, 2.45) is 0 Å². The SMILES string of the molecule is CSC(C)(C)CNC(=O)c1cccc(N)c1. The monoisotopic (exact) mass is 238 g/mol. The highest BCUT2D eigenvalue weighted by molar-refractivity contribution is 7.99. The summed E-state index contributed by atoms with van der Waals surface area (Å²) in [4.78, 5) is 11.8. The van der Waals surface area contributed by atoms with Crippen LogP contribution in [0.25, 0.3) is 0 Å². The molecule has 88 valence electrons. The molecule has 0 saturated carbocycles. The summed E-state index contributed by atoms with van der Waals surface area (Å²) in [5.74, 6) is -0.0746. The van der Waals surface area contributed by atoms with Crippen LogP contribution in [0.3, 0.4) is 0 Å². The van der Waals surface area contributed by atoms with E-state index in [1.54, 1.807) is 36.0 Å². The Hall–Kier alpha value is -1.16. The van der Waals surface area contributed by atoms with E-state index in [4.69, 9.17) is 5.73 Å². The zero-order chi connectivity index (χ0) is 12.2. The number of hydrogen-bond acceptors (Lipinski definition) is 3. The third-order valence-corrected chi connectivity index (χ3v) is 3.63. The molecule has 0 aliphatic heterocycles. The van der Waals surface area contributed by atoms with Gasteiger partial charge in [0.05, 0.1) is 0 Å². The number of thioether (sulfide) groups is 1. The number of amides is 1. The van der Waals surface area contributed by atoms with Gasteiger partial charge >= 0.3 is 0 Å². The van der Waals surface area contributed by atoms with Gasteiger partial charge in [0.1, 0.15) is 0 Å². The Morgan fingerprint density at radius 1 is 1.50 bits per heavy atom. The van der Waals surface area contributed by atoms with Gasteiger partial charge in [-0.15, -0.1) is 0 Å².